The van der Waals surface area contributed by atoms with Crippen LogP contribution in [0.5, 0.6) is 11.5 Å². The molecule has 0 saturated carbocycles. The summed E-state index contributed by atoms with van der Waals surface area (Å²) in [6, 6.07) is 21.5. The summed E-state index contributed by atoms with van der Waals surface area (Å²) >= 11 is 0. The van der Waals surface area contributed by atoms with Crippen molar-refractivity contribution in [2.24, 2.45) is 4.99 Å². The predicted molar refractivity (Wildman–Crippen MR) is 107 cm³/mol. The van der Waals surface area contributed by atoms with Crippen LogP contribution in [0.3, 0.4) is 0 Å². The molecular weight excluding hydrogens is 356 g/mol. The van der Waals surface area contributed by atoms with Gasteiger partial charge in [-0.15, -0.1) is 0 Å². The van der Waals surface area contributed by atoms with Gasteiger partial charge in [0.2, 0.25) is 0 Å². The Kier molecular flexibility index (Phi) is 4.68. The third-order valence-electron chi connectivity index (χ3n) is 4.34. The normalized spacial score (nSPS) is 11.6. The highest BCUT2D eigenvalue weighted by Gasteiger charge is 2.11. The monoisotopic (exact) mass is 374 g/mol. The van der Waals surface area contributed by atoms with Crippen LogP contribution >= 0.6 is 0 Å². The Morgan fingerprint density at radius 1 is 0.821 bits per heavy atom. The topological polar surface area (TPSA) is 66.0 Å². The molecule has 0 unspecified atom stereocenters. The van der Waals surface area contributed by atoms with Gasteiger partial charge in [0.15, 0.2) is 0 Å². The first-order chi connectivity index (χ1) is 13.7. The lowest BCUT2D eigenvalue weighted by Gasteiger charge is -2.09. The van der Waals surface area contributed by atoms with Crippen molar-refractivity contribution in [3.05, 3.63) is 88.8 Å². The summed E-state index contributed by atoms with van der Waals surface area (Å²) < 4.78 is 17.8. The second-order valence-electron chi connectivity index (χ2n) is 6.03. The molecule has 0 aliphatic heterocycles. The van der Waals surface area contributed by atoms with Crippen molar-refractivity contribution in [1.82, 2.24) is 4.57 Å². The van der Waals surface area contributed by atoms with Crippen molar-refractivity contribution in [2.75, 3.05) is 14.2 Å². The summed E-state index contributed by atoms with van der Waals surface area (Å²) in [5.41, 5.74) is 1.72. The number of aromatic nitrogens is 1. The van der Waals surface area contributed by atoms with Crippen LogP contribution in [-0.4, -0.2) is 18.8 Å². The first-order valence-electron chi connectivity index (χ1n) is 8.68. The van der Waals surface area contributed by atoms with E-state index in [0.717, 1.165) is 5.75 Å². The standard InChI is InChI=1S/C22H18N2O4/c1-26-17-11-7-15(8-12-17)23-22-24(16-9-13-18(27-2)14-10-16)21(25)19-5-3-4-6-20(19)28-22/h3-14H,1-2H3. The van der Waals surface area contributed by atoms with Crippen LogP contribution in [0.25, 0.3) is 16.7 Å². The van der Waals surface area contributed by atoms with Crippen molar-refractivity contribution in [3.8, 4) is 17.2 Å². The zero-order chi connectivity index (χ0) is 19.5. The zero-order valence-electron chi connectivity index (χ0n) is 15.5. The van der Waals surface area contributed by atoms with E-state index < -0.39 is 0 Å². The molecule has 0 radical (unpaired) electrons. The molecule has 6 nitrogen and oxygen atoms in total. The maximum absolute atomic E-state index is 13.2. The minimum atomic E-state index is -0.209. The first-order valence-corrected chi connectivity index (χ1v) is 8.68. The Morgan fingerprint density at radius 2 is 1.43 bits per heavy atom. The van der Waals surface area contributed by atoms with E-state index in [4.69, 9.17) is 13.9 Å². The molecule has 0 fully saturated rings. The lowest BCUT2D eigenvalue weighted by atomic mass is 10.2. The summed E-state index contributed by atoms with van der Waals surface area (Å²) in [6.07, 6.45) is 0. The average Bonchev–Trinajstić information content (AvgIpc) is 2.75. The molecule has 1 aromatic heterocycles. The number of ether oxygens (including phenoxy) is 2. The van der Waals surface area contributed by atoms with E-state index in [0.29, 0.717) is 28.1 Å². The largest absolute Gasteiger partial charge is 0.497 e. The van der Waals surface area contributed by atoms with Gasteiger partial charge in [0.1, 0.15) is 17.1 Å². The number of methoxy groups -OCH3 is 2. The fraction of sp³-hybridized carbons (Fsp3) is 0.0909. The zero-order valence-corrected chi connectivity index (χ0v) is 15.5. The summed E-state index contributed by atoms with van der Waals surface area (Å²) in [7, 11) is 3.20. The molecule has 0 aliphatic rings. The number of fused-ring (bicyclic) bond motifs is 1. The third kappa shape index (κ3) is 3.27. The van der Waals surface area contributed by atoms with E-state index in [1.54, 1.807) is 80.9 Å². The van der Waals surface area contributed by atoms with Crippen LogP contribution in [0, 0.1) is 0 Å². The first kappa shape index (κ1) is 17.6. The molecule has 4 aromatic rings. The van der Waals surface area contributed by atoms with E-state index in [1.807, 2.05) is 6.07 Å². The number of rotatable bonds is 4. The highest BCUT2D eigenvalue weighted by atomic mass is 16.5. The summed E-state index contributed by atoms with van der Waals surface area (Å²) in [5.74, 6) is 1.42. The summed E-state index contributed by atoms with van der Waals surface area (Å²) in [4.78, 5) is 17.7. The molecule has 3 aromatic carbocycles. The van der Waals surface area contributed by atoms with Crippen LogP contribution < -0.4 is 20.7 Å². The van der Waals surface area contributed by atoms with Crippen molar-refractivity contribution in [1.29, 1.82) is 0 Å². The van der Waals surface area contributed by atoms with Gasteiger partial charge in [0, 0.05) is 0 Å². The lowest BCUT2D eigenvalue weighted by molar-refractivity contribution is 0.414. The van der Waals surface area contributed by atoms with Crippen LogP contribution in [0.15, 0.2) is 87.0 Å². The lowest BCUT2D eigenvalue weighted by Crippen LogP contribution is -2.31. The summed E-state index contributed by atoms with van der Waals surface area (Å²) in [6.45, 7) is 0. The second kappa shape index (κ2) is 7.44. The molecule has 0 spiro atoms. The second-order valence-corrected chi connectivity index (χ2v) is 6.03. The molecule has 0 saturated heterocycles. The molecule has 4 rings (SSSR count). The number of para-hydroxylation sites is 1. The van der Waals surface area contributed by atoms with Crippen LogP contribution in [0.4, 0.5) is 5.69 Å². The molecule has 0 amide bonds. The molecule has 1 heterocycles. The van der Waals surface area contributed by atoms with E-state index >= 15 is 0 Å². The Bertz CT molecular complexity index is 1240. The van der Waals surface area contributed by atoms with Crippen molar-refractivity contribution in [2.45, 2.75) is 0 Å². The van der Waals surface area contributed by atoms with Gasteiger partial charge in [-0.3, -0.25) is 4.79 Å². The highest BCUT2D eigenvalue weighted by Crippen LogP contribution is 2.18. The molecule has 0 atom stereocenters. The minimum Gasteiger partial charge on any atom is -0.497 e. The van der Waals surface area contributed by atoms with Gasteiger partial charge in [-0.1, -0.05) is 12.1 Å². The molecule has 0 bridgehead atoms. The van der Waals surface area contributed by atoms with E-state index in [1.165, 1.54) is 4.57 Å². The number of hydrogen-bond donors (Lipinski definition) is 0. The van der Waals surface area contributed by atoms with Crippen LogP contribution in [0.1, 0.15) is 0 Å². The van der Waals surface area contributed by atoms with Gasteiger partial charge >= 0.3 is 5.68 Å². The van der Waals surface area contributed by atoms with Gasteiger partial charge in [0.25, 0.3) is 5.56 Å². The fourth-order valence-corrected chi connectivity index (χ4v) is 2.88. The van der Waals surface area contributed by atoms with E-state index in [-0.39, 0.29) is 11.2 Å². The number of benzene rings is 3. The van der Waals surface area contributed by atoms with Gasteiger partial charge in [-0.05, 0) is 60.7 Å². The van der Waals surface area contributed by atoms with Gasteiger partial charge < -0.3 is 13.9 Å². The quantitative estimate of drug-likeness (QED) is 0.544. The summed E-state index contributed by atoms with van der Waals surface area (Å²) in [5, 5.41) is 0.479. The Morgan fingerprint density at radius 3 is 2.07 bits per heavy atom. The molecule has 140 valence electrons. The molecule has 0 N–H and O–H groups in total. The number of nitrogens with zero attached hydrogens (tertiary/aromatic N) is 2. The Labute approximate surface area is 160 Å². The van der Waals surface area contributed by atoms with Crippen LogP contribution in [-0.2, 0) is 0 Å². The molecule has 28 heavy (non-hydrogen) atoms. The minimum absolute atomic E-state index is 0.180. The highest BCUT2D eigenvalue weighted by molar-refractivity contribution is 5.75. The van der Waals surface area contributed by atoms with Gasteiger partial charge in [-0.2, -0.15) is 4.99 Å². The maximum Gasteiger partial charge on any atom is 0.310 e. The molecule has 6 heteroatoms. The average molecular weight is 374 g/mol. The smallest absolute Gasteiger partial charge is 0.310 e. The Hall–Kier alpha value is -3.80. The maximum atomic E-state index is 13.2. The Balaban J connectivity index is 1.99. The molecule has 0 aliphatic carbocycles. The van der Waals surface area contributed by atoms with E-state index in [9.17, 15) is 4.79 Å². The molecular formula is C22H18N2O4. The van der Waals surface area contributed by atoms with Crippen molar-refractivity contribution < 1.29 is 13.9 Å². The third-order valence-corrected chi connectivity index (χ3v) is 4.34. The van der Waals surface area contributed by atoms with Gasteiger partial charge in [0.05, 0.1) is 31.0 Å². The number of hydrogen-bond acceptors (Lipinski definition) is 5. The van der Waals surface area contributed by atoms with Crippen molar-refractivity contribution in [3.63, 3.8) is 0 Å². The fourth-order valence-electron chi connectivity index (χ4n) is 2.88. The van der Waals surface area contributed by atoms with Gasteiger partial charge in [-0.25, -0.2) is 4.57 Å². The van der Waals surface area contributed by atoms with Crippen LogP contribution in [0.2, 0.25) is 0 Å². The predicted octanol–water partition coefficient (Wildman–Crippen LogP) is 3.83. The SMILES string of the molecule is COc1ccc(N=c2oc3ccccc3c(=O)n2-c2ccc(OC)cc2)cc1. The van der Waals surface area contributed by atoms with E-state index in [2.05, 4.69) is 4.99 Å². The van der Waals surface area contributed by atoms with Crippen molar-refractivity contribution >= 4 is 16.7 Å².